The largest absolute Gasteiger partial charge is 0.459 e. The molecule has 3 atom stereocenters. The number of nitrogens with one attached hydrogen (secondary N) is 1. The van der Waals surface area contributed by atoms with Crippen LogP contribution in [0.15, 0.2) is 0 Å². The minimum absolute atomic E-state index is 0.0295. The predicted octanol–water partition coefficient (Wildman–Crippen LogP) is 4.04. The van der Waals surface area contributed by atoms with Crippen LogP contribution in [0.2, 0.25) is 0 Å². The fraction of sp³-hybridized carbons (Fsp3) is 0.913. The van der Waals surface area contributed by atoms with E-state index in [-0.39, 0.29) is 37.1 Å². The Labute approximate surface area is 199 Å². The lowest BCUT2D eigenvalue weighted by Crippen LogP contribution is -2.70. The van der Waals surface area contributed by atoms with Crippen molar-refractivity contribution in [1.29, 1.82) is 0 Å². The summed E-state index contributed by atoms with van der Waals surface area (Å²) < 4.78 is 91.8. The van der Waals surface area contributed by atoms with E-state index in [1.807, 2.05) is 0 Å². The number of carbonyl (C=O) groups excluding carboxylic acids is 2. The van der Waals surface area contributed by atoms with E-state index in [9.17, 15) is 41.0 Å². The summed E-state index contributed by atoms with van der Waals surface area (Å²) in [5, 5.41) is 12.9. The molecule has 2 N–H and O–H groups in total. The highest BCUT2D eigenvalue weighted by atomic mass is 19.4. The first-order valence-corrected chi connectivity index (χ1v) is 11.7. The molecule has 5 fully saturated rings. The monoisotopic (exact) mass is 515 g/mol. The normalized spacial score (nSPS) is 35.1. The molecule has 0 radical (unpaired) electrons. The minimum atomic E-state index is -6.14. The Morgan fingerprint density at radius 2 is 1.40 bits per heavy atom. The summed E-state index contributed by atoms with van der Waals surface area (Å²) in [6.07, 6.45) is -10.2. The third-order valence-corrected chi connectivity index (χ3v) is 8.59. The smallest absolute Gasteiger partial charge is 0.430 e. The number of hydrogen-bond donors (Lipinski definition) is 2. The molecule has 1 saturated heterocycles. The Hall–Kier alpha value is -1.56. The van der Waals surface area contributed by atoms with Gasteiger partial charge in [0, 0.05) is 19.0 Å². The molecule has 0 amide bonds. The number of carbonyl (C=O) groups is 2. The Kier molecular flexibility index (Phi) is 5.67. The lowest BCUT2D eigenvalue weighted by molar-refractivity contribution is -0.408. The van der Waals surface area contributed by atoms with Crippen molar-refractivity contribution in [2.45, 2.75) is 101 Å². The van der Waals surface area contributed by atoms with Crippen LogP contribution in [-0.4, -0.2) is 58.8 Å². The van der Waals surface area contributed by atoms with Crippen LogP contribution in [0.25, 0.3) is 0 Å². The van der Waals surface area contributed by atoms with Crippen LogP contribution in [0.1, 0.15) is 66.2 Å². The Bertz CT molecular complexity index is 879. The highest BCUT2D eigenvalue weighted by Crippen LogP contribution is 2.64. The van der Waals surface area contributed by atoms with Gasteiger partial charge in [0.1, 0.15) is 5.60 Å². The molecule has 0 spiro atoms. The molecule has 6 nitrogen and oxygen atoms in total. The van der Waals surface area contributed by atoms with Crippen LogP contribution < -0.4 is 5.32 Å². The molecule has 200 valence electrons. The van der Waals surface area contributed by atoms with Crippen molar-refractivity contribution in [3.8, 4) is 0 Å². The van der Waals surface area contributed by atoms with Gasteiger partial charge in [0.05, 0.1) is 10.8 Å². The number of esters is 2. The van der Waals surface area contributed by atoms with Crippen molar-refractivity contribution in [3.05, 3.63) is 0 Å². The topological polar surface area (TPSA) is 94.8 Å². The molecule has 35 heavy (non-hydrogen) atoms. The molecule has 1 aliphatic heterocycles. The maximum absolute atomic E-state index is 13.5. The van der Waals surface area contributed by atoms with Gasteiger partial charge in [-0.3, -0.25) is 9.59 Å². The summed E-state index contributed by atoms with van der Waals surface area (Å²) in [7, 11) is 0. The van der Waals surface area contributed by atoms with Gasteiger partial charge in [-0.05, 0) is 71.6 Å². The van der Waals surface area contributed by atoms with Crippen LogP contribution >= 0.6 is 0 Å². The van der Waals surface area contributed by atoms with E-state index in [4.69, 9.17) is 9.47 Å². The van der Waals surface area contributed by atoms with Crippen molar-refractivity contribution in [1.82, 2.24) is 5.32 Å². The fourth-order valence-corrected chi connectivity index (χ4v) is 6.83. The van der Waals surface area contributed by atoms with Gasteiger partial charge in [0.25, 0.3) is 5.60 Å². The van der Waals surface area contributed by atoms with E-state index in [1.165, 1.54) is 0 Å². The molecule has 12 heteroatoms. The Morgan fingerprint density at radius 3 is 1.83 bits per heavy atom. The number of halogens is 6. The molecule has 4 aliphatic carbocycles. The van der Waals surface area contributed by atoms with Crippen molar-refractivity contribution < 1.29 is 50.5 Å². The number of rotatable bonds is 6. The van der Waals surface area contributed by atoms with Crippen molar-refractivity contribution in [2.24, 2.45) is 22.7 Å². The lowest BCUT2D eigenvalue weighted by atomic mass is 9.47. The zero-order chi connectivity index (χ0) is 26.5. The molecule has 3 unspecified atom stereocenters. The van der Waals surface area contributed by atoms with Gasteiger partial charge in [-0.25, -0.2) is 0 Å². The van der Waals surface area contributed by atoms with Crippen LogP contribution in [0.3, 0.4) is 0 Å². The van der Waals surface area contributed by atoms with E-state index < -0.39 is 51.9 Å². The highest BCUT2D eigenvalue weighted by Gasteiger charge is 2.79. The predicted molar refractivity (Wildman–Crippen MR) is 109 cm³/mol. The van der Waals surface area contributed by atoms with Crippen molar-refractivity contribution in [2.75, 3.05) is 6.54 Å². The van der Waals surface area contributed by atoms with Crippen molar-refractivity contribution >= 4 is 11.9 Å². The molecule has 0 aromatic carbocycles. The minimum Gasteiger partial charge on any atom is -0.459 e. The van der Waals surface area contributed by atoms with Gasteiger partial charge < -0.3 is 19.9 Å². The maximum Gasteiger partial charge on any atom is 0.430 e. The van der Waals surface area contributed by atoms with E-state index >= 15 is 0 Å². The lowest BCUT2D eigenvalue weighted by Gasteiger charge is -2.60. The molecule has 5 rings (SSSR count). The standard InChI is InChI=1S/C23H31F6NO5/c1-17(2,14-10-30-14)15(31)35-20-8-12-5-13(9-20)7-19(6-12,11-20)16(32)34-18(3,4)21(33,22(24,25)26)23(27,28)29/h12-14,30,33H,5-11H2,1-4H3. The summed E-state index contributed by atoms with van der Waals surface area (Å²) in [5.41, 5.74) is -11.9. The molecule has 4 bridgehead atoms. The van der Waals surface area contributed by atoms with Crippen LogP contribution in [-0.2, 0) is 19.1 Å². The number of aliphatic hydroxyl groups is 1. The van der Waals surface area contributed by atoms with Crippen LogP contribution in [0.4, 0.5) is 26.3 Å². The first-order chi connectivity index (χ1) is 15.7. The summed E-state index contributed by atoms with van der Waals surface area (Å²) in [5.74, 6) is -1.84. The molecular formula is C23H31F6NO5. The molecule has 0 aromatic heterocycles. The zero-order valence-corrected chi connectivity index (χ0v) is 20.0. The number of alkyl halides is 6. The first-order valence-electron chi connectivity index (χ1n) is 11.7. The summed E-state index contributed by atoms with van der Waals surface area (Å²) in [4.78, 5) is 26.4. The Balaban J connectivity index is 1.60. The van der Waals surface area contributed by atoms with Gasteiger partial charge in [-0.15, -0.1) is 0 Å². The third kappa shape index (κ3) is 4.02. The van der Waals surface area contributed by atoms with Crippen molar-refractivity contribution in [3.63, 3.8) is 0 Å². The van der Waals surface area contributed by atoms with E-state index in [1.54, 1.807) is 13.8 Å². The van der Waals surface area contributed by atoms with Gasteiger partial charge in [-0.1, -0.05) is 0 Å². The first kappa shape index (κ1) is 26.5. The molecule has 4 saturated carbocycles. The molecule has 1 heterocycles. The molecule has 0 aromatic rings. The van der Waals surface area contributed by atoms with Gasteiger partial charge in [0.15, 0.2) is 5.60 Å². The molecular weight excluding hydrogens is 484 g/mol. The van der Waals surface area contributed by atoms with Crippen LogP contribution in [0.5, 0.6) is 0 Å². The second-order valence-electron chi connectivity index (χ2n) is 12.1. The van der Waals surface area contributed by atoms with Crippen LogP contribution in [0, 0.1) is 22.7 Å². The quantitative estimate of drug-likeness (QED) is 0.315. The van der Waals surface area contributed by atoms with E-state index in [0.717, 1.165) is 6.42 Å². The summed E-state index contributed by atoms with van der Waals surface area (Å²) >= 11 is 0. The SMILES string of the molecule is CC(C)(C(=O)OC12CC3CC(C1)CC(C(=O)OC(C)(C)C(O)(C(F)(F)F)C(F)(F)F)(C3)C2)C1CN1. The van der Waals surface area contributed by atoms with Gasteiger partial charge >= 0.3 is 24.3 Å². The average molecular weight is 515 g/mol. The Morgan fingerprint density at radius 1 is 0.914 bits per heavy atom. The maximum atomic E-state index is 13.5. The summed E-state index contributed by atoms with van der Waals surface area (Å²) in [6.45, 7) is 4.96. The highest BCUT2D eigenvalue weighted by molar-refractivity contribution is 5.80. The average Bonchev–Trinajstić information content (AvgIpc) is 3.49. The van der Waals surface area contributed by atoms with E-state index in [0.29, 0.717) is 33.2 Å². The number of ether oxygens (including phenoxy) is 2. The summed E-state index contributed by atoms with van der Waals surface area (Å²) in [6, 6.07) is -0.0500. The zero-order valence-electron chi connectivity index (χ0n) is 20.0. The van der Waals surface area contributed by atoms with E-state index in [2.05, 4.69) is 5.32 Å². The molecule has 5 aliphatic rings. The second kappa shape index (κ2) is 7.49. The fourth-order valence-electron chi connectivity index (χ4n) is 6.83. The third-order valence-electron chi connectivity index (χ3n) is 8.59. The van der Waals surface area contributed by atoms with Gasteiger partial charge in [-0.2, -0.15) is 26.3 Å². The number of hydrogen-bond acceptors (Lipinski definition) is 6. The second-order valence-corrected chi connectivity index (χ2v) is 12.1. The van der Waals surface area contributed by atoms with Gasteiger partial charge in [0.2, 0.25) is 0 Å².